The van der Waals surface area contributed by atoms with Crippen LogP contribution in [0, 0.1) is 5.92 Å². The van der Waals surface area contributed by atoms with Crippen LogP contribution in [0.1, 0.15) is 51.3 Å². The molecule has 0 fully saturated rings. The summed E-state index contributed by atoms with van der Waals surface area (Å²) in [5.41, 5.74) is 3.62. The van der Waals surface area contributed by atoms with E-state index in [2.05, 4.69) is 47.3 Å². The van der Waals surface area contributed by atoms with Gasteiger partial charge in [-0.05, 0) is 33.4 Å². The van der Waals surface area contributed by atoms with Crippen molar-refractivity contribution in [1.82, 2.24) is 0 Å². The van der Waals surface area contributed by atoms with Crippen molar-refractivity contribution >= 4 is 11.5 Å². The highest BCUT2D eigenvalue weighted by Gasteiger charge is 2.48. The number of aliphatic carboxylic acids is 1. The Labute approximate surface area is 115 Å². The summed E-state index contributed by atoms with van der Waals surface area (Å²) in [6, 6.07) is 5.96. The minimum atomic E-state index is -0.955. The lowest BCUT2D eigenvalue weighted by atomic mass is 9.71. The molecule has 0 amide bonds. The van der Waals surface area contributed by atoms with Gasteiger partial charge in [-0.3, -0.25) is 0 Å². The smallest absolute Gasteiger partial charge is 0.335 e. The molecular formula is C17H22O2. The molecule has 1 aromatic rings. The first-order chi connectivity index (χ1) is 8.60. The number of benzene rings is 1. The van der Waals surface area contributed by atoms with E-state index in [0.717, 1.165) is 0 Å². The van der Waals surface area contributed by atoms with E-state index in [9.17, 15) is 4.79 Å². The topological polar surface area (TPSA) is 37.3 Å². The van der Waals surface area contributed by atoms with Gasteiger partial charge in [0, 0.05) is 0 Å². The molecular weight excluding hydrogens is 236 g/mol. The molecule has 1 unspecified atom stereocenters. The van der Waals surface area contributed by atoms with Gasteiger partial charge in [0.15, 0.2) is 0 Å². The normalized spacial score (nSPS) is 22.9. The van der Waals surface area contributed by atoms with Gasteiger partial charge in [-0.1, -0.05) is 59.4 Å². The van der Waals surface area contributed by atoms with Gasteiger partial charge in [0.05, 0.1) is 5.57 Å². The quantitative estimate of drug-likeness (QED) is 0.814. The van der Waals surface area contributed by atoms with Gasteiger partial charge in [-0.25, -0.2) is 4.79 Å². The van der Waals surface area contributed by atoms with E-state index < -0.39 is 5.97 Å². The van der Waals surface area contributed by atoms with Crippen molar-refractivity contribution in [3.63, 3.8) is 0 Å². The zero-order valence-electron chi connectivity index (χ0n) is 12.4. The van der Waals surface area contributed by atoms with Crippen LogP contribution in [0.2, 0.25) is 0 Å². The average Bonchev–Trinajstić information content (AvgIpc) is 2.47. The monoisotopic (exact) mass is 258 g/mol. The molecule has 0 aliphatic heterocycles. The summed E-state index contributed by atoms with van der Waals surface area (Å²) in [4.78, 5) is 11.1. The summed E-state index contributed by atoms with van der Waals surface area (Å²) in [6.45, 7) is 14.9. The van der Waals surface area contributed by atoms with Crippen molar-refractivity contribution in [2.45, 2.75) is 45.4 Å². The average molecular weight is 258 g/mol. The number of hydrogen-bond donors (Lipinski definition) is 1. The maximum absolute atomic E-state index is 11.1. The number of fused-ring (bicyclic) bond motifs is 1. The molecule has 2 nitrogen and oxygen atoms in total. The van der Waals surface area contributed by atoms with Crippen molar-refractivity contribution in [3.8, 4) is 0 Å². The summed E-state index contributed by atoms with van der Waals surface area (Å²) in [5.74, 6) is -0.452. The Bertz CT molecular complexity index is 565. The van der Waals surface area contributed by atoms with Crippen molar-refractivity contribution in [1.29, 1.82) is 0 Å². The Morgan fingerprint density at radius 1 is 1.16 bits per heavy atom. The SMILES string of the molecule is C=C(C(=O)O)c1ccc2c(c1)C(C)(C)C(C)C2(C)C. The van der Waals surface area contributed by atoms with E-state index >= 15 is 0 Å². The Balaban J connectivity index is 2.63. The van der Waals surface area contributed by atoms with Crippen LogP contribution < -0.4 is 0 Å². The van der Waals surface area contributed by atoms with Crippen LogP contribution in [0.3, 0.4) is 0 Å². The van der Waals surface area contributed by atoms with Crippen LogP contribution in [0.5, 0.6) is 0 Å². The second kappa shape index (κ2) is 3.96. The van der Waals surface area contributed by atoms with Crippen LogP contribution in [-0.4, -0.2) is 11.1 Å². The van der Waals surface area contributed by atoms with Gasteiger partial charge in [0.2, 0.25) is 0 Å². The van der Waals surface area contributed by atoms with E-state index in [1.165, 1.54) is 11.1 Å². The van der Waals surface area contributed by atoms with Crippen LogP contribution in [-0.2, 0) is 15.6 Å². The lowest BCUT2D eigenvalue weighted by Crippen LogP contribution is -2.30. The van der Waals surface area contributed by atoms with Crippen molar-refractivity contribution in [2.24, 2.45) is 5.92 Å². The van der Waals surface area contributed by atoms with Crippen molar-refractivity contribution < 1.29 is 9.90 Å². The number of hydrogen-bond acceptors (Lipinski definition) is 1. The van der Waals surface area contributed by atoms with E-state index in [1.54, 1.807) is 0 Å². The first-order valence-electron chi connectivity index (χ1n) is 6.67. The van der Waals surface area contributed by atoms with Crippen LogP contribution in [0.4, 0.5) is 0 Å². The molecule has 1 aromatic carbocycles. The summed E-state index contributed by atoms with van der Waals surface area (Å²) in [5, 5.41) is 9.07. The first kappa shape index (κ1) is 13.9. The van der Waals surface area contributed by atoms with Crippen molar-refractivity contribution in [2.75, 3.05) is 0 Å². The molecule has 0 radical (unpaired) electrons. The highest BCUT2D eigenvalue weighted by atomic mass is 16.4. The van der Waals surface area contributed by atoms with Crippen molar-refractivity contribution in [3.05, 3.63) is 41.5 Å². The predicted octanol–water partition coefficient (Wildman–Crippen LogP) is 3.99. The minimum absolute atomic E-state index is 0.0492. The summed E-state index contributed by atoms with van der Waals surface area (Å²) < 4.78 is 0. The predicted molar refractivity (Wildman–Crippen MR) is 78.3 cm³/mol. The number of carboxylic acid groups (broad SMARTS) is 1. The molecule has 1 atom stereocenters. The molecule has 102 valence electrons. The maximum atomic E-state index is 11.1. The fourth-order valence-corrected chi connectivity index (χ4v) is 3.32. The highest BCUT2D eigenvalue weighted by Crippen LogP contribution is 2.53. The van der Waals surface area contributed by atoms with E-state index in [0.29, 0.717) is 11.5 Å². The first-order valence-corrected chi connectivity index (χ1v) is 6.67. The second-order valence-electron chi connectivity index (χ2n) is 6.71. The minimum Gasteiger partial charge on any atom is -0.478 e. The zero-order chi connectivity index (χ0) is 14.6. The molecule has 0 saturated heterocycles. The third kappa shape index (κ3) is 1.81. The van der Waals surface area contributed by atoms with Gasteiger partial charge in [-0.15, -0.1) is 0 Å². The highest BCUT2D eigenvalue weighted by molar-refractivity contribution is 6.14. The largest absolute Gasteiger partial charge is 0.478 e. The van der Waals surface area contributed by atoms with Gasteiger partial charge in [0.1, 0.15) is 0 Å². The lowest BCUT2D eigenvalue weighted by Gasteiger charge is -2.32. The fraction of sp³-hybridized carbons (Fsp3) is 0.471. The van der Waals surface area contributed by atoms with Gasteiger partial charge in [-0.2, -0.15) is 0 Å². The molecule has 0 bridgehead atoms. The van der Waals surface area contributed by atoms with E-state index in [1.807, 2.05) is 12.1 Å². The molecule has 1 aliphatic carbocycles. The van der Waals surface area contributed by atoms with Crippen LogP contribution in [0.15, 0.2) is 24.8 Å². The molecule has 2 rings (SSSR count). The summed E-state index contributed by atoms with van der Waals surface area (Å²) in [6.07, 6.45) is 0. The maximum Gasteiger partial charge on any atom is 0.335 e. The number of rotatable bonds is 2. The standard InChI is InChI=1S/C17H22O2/c1-10(15(18)19)12-7-8-13-14(9-12)17(5,6)11(2)16(13,3)4/h7-9,11H,1H2,2-6H3,(H,18,19). The van der Waals surface area contributed by atoms with E-state index in [-0.39, 0.29) is 16.4 Å². The lowest BCUT2D eigenvalue weighted by molar-refractivity contribution is -0.130. The molecule has 0 heterocycles. The third-order valence-corrected chi connectivity index (χ3v) is 5.18. The molecule has 1 aliphatic rings. The van der Waals surface area contributed by atoms with Gasteiger partial charge in [0.25, 0.3) is 0 Å². The molecule has 0 saturated carbocycles. The zero-order valence-corrected chi connectivity index (χ0v) is 12.4. The molecule has 0 spiro atoms. The third-order valence-electron chi connectivity index (χ3n) is 5.18. The number of carbonyl (C=O) groups is 1. The molecule has 2 heteroatoms. The summed E-state index contributed by atoms with van der Waals surface area (Å²) in [7, 11) is 0. The Hall–Kier alpha value is -1.57. The van der Waals surface area contributed by atoms with E-state index in [4.69, 9.17) is 5.11 Å². The molecule has 19 heavy (non-hydrogen) atoms. The second-order valence-corrected chi connectivity index (χ2v) is 6.71. The molecule has 1 N–H and O–H groups in total. The number of carboxylic acids is 1. The van der Waals surface area contributed by atoms with Gasteiger partial charge < -0.3 is 5.11 Å². The summed E-state index contributed by atoms with van der Waals surface area (Å²) >= 11 is 0. The van der Waals surface area contributed by atoms with Gasteiger partial charge >= 0.3 is 5.97 Å². The Morgan fingerprint density at radius 3 is 2.21 bits per heavy atom. The van der Waals surface area contributed by atoms with Crippen LogP contribution >= 0.6 is 0 Å². The Kier molecular flexibility index (Phi) is 2.89. The Morgan fingerprint density at radius 2 is 1.68 bits per heavy atom. The van der Waals surface area contributed by atoms with Crippen LogP contribution in [0.25, 0.3) is 5.57 Å². The fourth-order valence-electron chi connectivity index (χ4n) is 3.32. The molecule has 0 aromatic heterocycles.